The molecule has 6 rings (SSSR count). The van der Waals surface area contributed by atoms with Crippen LogP contribution >= 0.6 is 22.9 Å². The number of ether oxygens (including phenoxy) is 5. The van der Waals surface area contributed by atoms with Gasteiger partial charge in [0.1, 0.15) is 28.4 Å². The van der Waals surface area contributed by atoms with E-state index in [0.717, 1.165) is 20.8 Å². The van der Waals surface area contributed by atoms with E-state index < -0.39 is 12.2 Å². The number of pyridine rings is 1. The van der Waals surface area contributed by atoms with Crippen molar-refractivity contribution in [3.63, 3.8) is 0 Å². The molecule has 1 amide bonds. The molecular weight excluding hydrogens is 558 g/mol. The summed E-state index contributed by atoms with van der Waals surface area (Å²) in [7, 11) is 3.07. The van der Waals surface area contributed by atoms with Crippen molar-refractivity contribution in [3.8, 4) is 33.8 Å². The molecule has 204 valence electrons. The SMILES string of the molecule is COc1ccc(NC(=O)OCC2COc3c(cc(Cl)c4nc(-c5cc(C)cc6nc(OC)cnc56)sc34)O2)cn1. The number of fused-ring (bicyclic) bond motifs is 4. The second-order valence-electron chi connectivity index (χ2n) is 8.84. The third kappa shape index (κ3) is 4.98. The van der Waals surface area contributed by atoms with Gasteiger partial charge in [0.05, 0.1) is 48.4 Å². The van der Waals surface area contributed by atoms with Crippen LogP contribution in [0.15, 0.2) is 42.7 Å². The number of methoxy groups -OCH3 is 2. The average Bonchev–Trinajstić information content (AvgIpc) is 3.42. The van der Waals surface area contributed by atoms with Crippen LogP contribution in [-0.4, -0.2) is 59.6 Å². The normalized spacial score (nSPS) is 14.2. The molecule has 0 fully saturated rings. The summed E-state index contributed by atoms with van der Waals surface area (Å²) in [5, 5.41) is 3.74. The zero-order chi connectivity index (χ0) is 27.8. The molecule has 11 nitrogen and oxygen atoms in total. The lowest BCUT2D eigenvalue weighted by Crippen LogP contribution is -2.35. The van der Waals surface area contributed by atoms with Crippen LogP contribution in [0.1, 0.15) is 5.56 Å². The highest BCUT2D eigenvalue weighted by atomic mass is 35.5. The van der Waals surface area contributed by atoms with Crippen LogP contribution in [0.4, 0.5) is 10.5 Å². The zero-order valence-corrected chi connectivity index (χ0v) is 23.1. The summed E-state index contributed by atoms with van der Waals surface area (Å²) in [6.07, 6.45) is 1.87. The lowest BCUT2D eigenvalue weighted by atomic mass is 10.1. The lowest BCUT2D eigenvalue weighted by Gasteiger charge is -2.26. The molecule has 1 unspecified atom stereocenters. The molecule has 0 saturated heterocycles. The van der Waals surface area contributed by atoms with Crippen molar-refractivity contribution in [1.82, 2.24) is 19.9 Å². The number of nitrogens with one attached hydrogen (secondary N) is 1. The van der Waals surface area contributed by atoms with Crippen LogP contribution in [0, 0.1) is 6.92 Å². The van der Waals surface area contributed by atoms with Gasteiger partial charge in [0, 0.05) is 17.7 Å². The molecule has 1 aliphatic rings. The van der Waals surface area contributed by atoms with Gasteiger partial charge < -0.3 is 23.7 Å². The summed E-state index contributed by atoms with van der Waals surface area (Å²) in [6, 6.07) is 8.91. The van der Waals surface area contributed by atoms with E-state index in [1.54, 1.807) is 31.5 Å². The summed E-state index contributed by atoms with van der Waals surface area (Å²) in [6.45, 7) is 2.13. The predicted molar refractivity (Wildman–Crippen MR) is 150 cm³/mol. The summed E-state index contributed by atoms with van der Waals surface area (Å²) in [4.78, 5) is 30.2. The van der Waals surface area contributed by atoms with Gasteiger partial charge in [-0.25, -0.2) is 24.7 Å². The molecule has 13 heteroatoms. The monoisotopic (exact) mass is 579 g/mol. The van der Waals surface area contributed by atoms with Crippen LogP contribution < -0.4 is 24.3 Å². The van der Waals surface area contributed by atoms with Crippen molar-refractivity contribution >= 4 is 56.0 Å². The van der Waals surface area contributed by atoms with Gasteiger partial charge in [-0.3, -0.25) is 5.32 Å². The Hall–Kier alpha value is -4.42. The fourth-order valence-corrected chi connectivity index (χ4v) is 5.61. The molecule has 40 heavy (non-hydrogen) atoms. The highest BCUT2D eigenvalue weighted by Crippen LogP contribution is 2.47. The fraction of sp³-hybridized carbons (Fsp3) is 0.222. The number of carbonyl (C=O) groups is 1. The Morgan fingerprint density at radius 3 is 2.73 bits per heavy atom. The van der Waals surface area contributed by atoms with Crippen molar-refractivity contribution in [3.05, 3.63) is 53.3 Å². The largest absolute Gasteiger partial charge is 0.484 e. The van der Waals surface area contributed by atoms with Gasteiger partial charge in [-0.1, -0.05) is 11.6 Å². The van der Waals surface area contributed by atoms with E-state index in [0.29, 0.717) is 50.5 Å². The lowest BCUT2D eigenvalue weighted by molar-refractivity contribution is 0.0383. The number of aryl methyl sites for hydroxylation is 1. The second-order valence-corrected chi connectivity index (χ2v) is 10.2. The fourth-order valence-electron chi connectivity index (χ4n) is 4.22. The van der Waals surface area contributed by atoms with Gasteiger partial charge in [0.2, 0.25) is 11.8 Å². The van der Waals surface area contributed by atoms with Crippen molar-refractivity contribution in [2.24, 2.45) is 0 Å². The number of thiazole rings is 1. The number of hydrogen-bond donors (Lipinski definition) is 1. The van der Waals surface area contributed by atoms with Gasteiger partial charge >= 0.3 is 6.09 Å². The molecule has 0 aliphatic carbocycles. The minimum Gasteiger partial charge on any atom is -0.484 e. The van der Waals surface area contributed by atoms with Crippen molar-refractivity contribution in [1.29, 1.82) is 0 Å². The van der Waals surface area contributed by atoms with E-state index in [-0.39, 0.29) is 13.2 Å². The van der Waals surface area contributed by atoms with E-state index >= 15 is 0 Å². The number of amides is 1. The third-order valence-corrected chi connectivity index (χ3v) is 7.42. The maximum atomic E-state index is 12.2. The van der Waals surface area contributed by atoms with Crippen molar-refractivity contribution < 1.29 is 28.5 Å². The van der Waals surface area contributed by atoms with Gasteiger partial charge in [0.15, 0.2) is 17.6 Å². The number of nitrogens with zero attached hydrogens (tertiary/aromatic N) is 4. The molecule has 3 aromatic heterocycles. The van der Waals surface area contributed by atoms with Gasteiger partial charge in [-0.05, 0) is 30.7 Å². The topological polar surface area (TPSA) is 127 Å². The van der Waals surface area contributed by atoms with Crippen LogP contribution in [0.25, 0.3) is 31.8 Å². The van der Waals surface area contributed by atoms with Crippen LogP contribution in [-0.2, 0) is 4.74 Å². The molecular formula is C27H22ClN5O6S. The first-order valence-corrected chi connectivity index (χ1v) is 13.3. The Morgan fingerprint density at radius 1 is 1.10 bits per heavy atom. The number of halogens is 1. The second kappa shape index (κ2) is 10.6. The molecule has 0 radical (unpaired) electrons. The average molecular weight is 580 g/mol. The molecule has 1 N–H and O–H groups in total. The molecule has 1 aliphatic heterocycles. The maximum absolute atomic E-state index is 12.2. The Labute approximate surface area is 237 Å². The first-order valence-electron chi connectivity index (χ1n) is 12.1. The number of hydrogen-bond acceptors (Lipinski definition) is 11. The molecule has 5 aromatic rings. The summed E-state index contributed by atoms with van der Waals surface area (Å²) >= 11 is 8.05. The van der Waals surface area contributed by atoms with Crippen molar-refractivity contribution in [2.45, 2.75) is 13.0 Å². The van der Waals surface area contributed by atoms with E-state index in [9.17, 15) is 4.79 Å². The Balaban J connectivity index is 1.22. The summed E-state index contributed by atoms with van der Waals surface area (Å²) in [5.41, 5.74) is 4.32. The number of carbonyl (C=O) groups excluding carboxylic acids is 1. The van der Waals surface area contributed by atoms with Gasteiger partial charge in [0.25, 0.3) is 0 Å². The zero-order valence-electron chi connectivity index (χ0n) is 21.6. The van der Waals surface area contributed by atoms with E-state index in [1.807, 2.05) is 19.1 Å². The predicted octanol–water partition coefficient (Wildman–Crippen LogP) is 5.67. The van der Waals surface area contributed by atoms with E-state index in [1.165, 1.54) is 24.6 Å². The molecule has 0 saturated carbocycles. The summed E-state index contributed by atoms with van der Waals surface area (Å²) in [5.74, 6) is 1.86. The Kier molecular flexibility index (Phi) is 6.86. The number of aromatic nitrogens is 4. The minimum absolute atomic E-state index is 0.0319. The highest BCUT2D eigenvalue weighted by molar-refractivity contribution is 7.22. The third-order valence-electron chi connectivity index (χ3n) is 6.05. The van der Waals surface area contributed by atoms with Crippen LogP contribution in [0.3, 0.4) is 0 Å². The quantitative estimate of drug-likeness (QED) is 0.269. The Morgan fingerprint density at radius 2 is 1.95 bits per heavy atom. The molecule has 4 heterocycles. The number of benzene rings is 2. The Bertz CT molecular complexity index is 1750. The standard InChI is InChI=1S/C27H22ClN5O6S/c1-13-6-16(22-18(7-13)32-21(36-3)10-30-22)26-33-23-17(28)8-19-24(25(23)40-26)37-11-15(39-19)12-38-27(34)31-14-4-5-20(35-2)29-9-14/h4-10,15H,11-12H2,1-3H3,(H,31,34). The molecule has 0 spiro atoms. The number of rotatable bonds is 6. The smallest absolute Gasteiger partial charge is 0.411 e. The highest BCUT2D eigenvalue weighted by Gasteiger charge is 2.28. The molecule has 0 bridgehead atoms. The van der Waals surface area contributed by atoms with E-state index in [2.05, 4.69) is 20.3 Å². The van der Waals surface area contributed by atoms with Gasteiger partial charge in [-0.15, -0.1) is 11.3 Å². The van der Waals surface area contributed by atoms with Crippen LogP contribution in [0.2, 0.25) is 5.02 Å². The number of anilines is 1. The maximum Gasteiger partial charge on any atom is 0.411 e. The molecule has 1 atom stereocenters. The minimum atomic E-state index is -0.645. The van der Waals surface area contributed by atoms with E-state index in [4.69, 9.17) is 40.3 Å². The molecule has 2 aromatic carbocycles. The summed E-state index contributed by atoms with van der Waals surface area (Å²) < 4.78 is 28.5. The van der Waals surface area contributed by atoms with Crippen LogP contribution in [0.5, 0.6) is 23.3 Å². The first-order chi connectivity index (χ1) is 19.4. The van der Waals surface area contributed by atoms with Gasteiger partial charge in [-0.2, -0.15) is 0 Å². The first kappa shape index (κ1) is 25.8. The van der Waals surface area contributed by atoms with Crippen molar-refractivity contribution in [2.75, 3.05) is 32.8 Å².